The monoisotopic (exact) mass is 400 g/mol. The van der Waals surface area contributed by atoms with Crippen molar-refractivity contribution < 1.29 is 15.0 Å². The molecule has 2 N–H and O–H groups in total. The Morgan fingerprint density at radius 1 is 0.933 bits per heavy atom. The Kier molecular flexibility index (Phi) is 4.82. The van der Waals surface area contributed by atoms with Crippen LogP contribution in [0, 0.1) is 5.41 Å². The van der Waals surface area contributed by atoms with Crippen molar-refractivity contribution in [3.63, 3.8) is 0 Å². The Morgan fingerprint density at radius 2 is 1.63 bits per heavy atom. The van der Waals surface area contributed by atoms with E-state index >= 15 is 0 Å². The van der Waals surface area contributed by atoms with E-state index in [2.05, 4.69) is 4.98 Å². The van der Waals surface area contributed by atoms with Crippen LogP contribution >= 0.6 is 0 Å². The van der Waals surface area contributed by atoms with Gasteiger partial charge in [0.1, 0.15) is 11.3 Å². The quantitative estimate of drug-likeness (QED) is 0.419. The third-order valence-corrected chi connectivity index (χ3v) is 5.39. The largest absolute Gasteiger partial charge is 0.506 e. The maximum atomic E-state index is 12.7. The number of amides is 1. The van der Waals surface area contributed by atoms with Gasteiger partial charge in [0.15, 0.2) is 0 Å². The van der Waals surface area contributed by atoms with Gasteiger partial charge in [-0.15, -0.1) is 0 Å². The summed E-state index contributed by atoms with van der Waals surface area (Å²) < 4.78 is 0. The minimum atomic E-state index is -1.06. The molecule has 0 aliphatic carbocycles. The second-order valence-electron chi connectivity index (χ2n) is 8.49. The lowest BCUT2D eigenvalue weighted by atomic mass is 9.79. The number of benzene rings is 3. The molecule has 3 aromatic carbocycles. The SMILES string of the molecule is CC(C)(C)C(c1cccc2ccccc12)N(C(=O)O)c1ccc(O)c2ncccc12. The van der Waals surface area contributed by atoms with Crippen LogP contribution in [0.25, 0.3) is 21.7 Å². The summed E-state index contributed by atoms with van der Waals surface area (Å²) in [5.74, 6) is 0.0251. The van der Waals surface area contributed by atoms with E-state index < -0.39 is 17.6 Å². The molecule has 5 nitrogen and oxygen atoms in total. The third kappa shape index (κ3) is 3.32. The molecule has 1 atom stereocenters. The summed E-state index contributed by atoms with van der Waals surface area (Å²) in [5, 5.41) is 23.3. The maximum Gasteiger partial charge on any atom is 0.412 e. The van der Waals surface area contributed by atoms with Gasteiger partial charge in [0.05, 0.1) is 11.7 Å². The molecule has 1 heterocycles. The number of fused-ring (bicyclic) bond motifs is 2. The molecular weight excluding hydrogens is 376 g/mol. The normalized spacial score (nSPS) is 12.8. The summed E-state index contributed by atoms with van der Waals surface area (Å²) in [4.78, 5) is 18.3. The van der Waals surface area contributed by atoms with Crippen molar-refractivity contribution in [2.75, 3.05) is 4.90 Å². The molecule has 0 radical (unpaired) electrons. The number of phenols is 1. The van der Waals surface area contributed by atoms with E-state index in [0.717, 1.165) is 16.3 Å². The van der Waals surface area contributed by atoms with Crippen molar-refractivity contribution in [1.82, 2.24) is 4.98 Å². The lowest BCUT2D eigenvalue weighted by molar-refractivity contribution is 0.189. The number of aromatic nitrogens is 1. The number of phenolic OH excluding ortho intramolecular Hbond substituents is 1. The molecule has 5 heteroatoms. The molecule has 1 amide bonds. The first-order valence-corrected chi connectivity index (χ1v) is 9.85. The molecule has 30 heavy (non-hydrogen) atoms. The molecule has 0 fully saturated rings. The van der Waals surface area contributed by atoms with Gasteiger partial charge in [-0.2, -0.15) is 0 Å². The van der Waals surface area contributed by atoms with Crippen LogP contribution in [0.1, 0.15) is 32.4 Å². The highest BCUT2D eigenvalue weighted by atomic mass is 16.4. The zero-order valence-electron chi connectivity index (χ0n) is 17.2. The first-order chi connectivity index (χ1) is 14.3. The number of aromatic hydroxyl groups is 1. The van der Waals surface area contributed by atoms with Gasteiger partial charge in [0, 0.05) is 11.6 Å². The van der Waals surface area contributed by atoms with Crippen molar-refractivity contribution in [3.05, 3.63) is 78.5 Å². The first-order valence-electron chi connectivity index (χ1n) is 9.85. The molecule has 0 saturated carbocycles. The van der Waals surface area contributed by atoms with E-state index in [1.165, 1.54) is 11.0 Å². The van der Waals surface area contributed by atoms with E-state index in [1.807, 2.05) is 63.2 Å². The Labute approximate surface area is 175 Å². The van der Waals surface area contributed by atoms with Gasteiger partial charge < -0.3 is 10.2 Å². The highest BCUT2D eigenvalue weighted by Crippen LogP contribution is 2.45. The molecule has 152 valence electrons. The zero-order chi connectivity index (χ0) is 21.5. The van der Waals surface area contributed by atoms with Gasteiger partial charge in [-0.25, -0.2) is 4.79 Å². The van der Waals surface area contributed by atoms with Gasteiger partial charge in [-0.05, 0) is 46.0 Å². The molecule has 4 aromatic rings. The summed E-state index contributed by atoms with van der Waals surface area (Å²) in [6, 6.07) is 20.2. The van der Waals surface area contributed by atoms with Crippen LogP contribution in [0.2, 0.25) is 0 Å². The van der Waals surface area contributed by atoms with Gasteiger partial charge in [0.25, 0.3) is 0 Å². The first kappa shape index (κ1) is 19.7. The van der Waals surface area contributed by atoms with Crippen LogP contribution in [0.15, 0.2) is 72.9 Å². The summed E-state index contributed by atoms with van der Waals surface area (Å²) in [7, 11) is 0. The summed E-state index contributed by atoms with van der Waals surface area (Å²) in [5.41, 5.74) is 1.41. The molecule has 4 rings (SSSR count). The number of hydrogen-bond donors (Lipinski definition) is 2. The number of carbonyl (C=O) groups is 1. The Balaban J connectivity index is 2.03. The number of rotatable bonds is 3. The van der Waals surface area contributed by atoms with Crippen LogP contribution in [0.5, 0.6) is 5.75 Å². The van der Waals surface area contributed by atoms with Gasteiger partial charge in [0.2, 0.25) is 0 Å². The second kappa shape index (κ2) is 7.34. The summed E-state index contributed by atoms with van der Waals surface area (Å²) >= 11 is 0. The molecule has 0 bridgehead atoms. The molecule has 0 aliphatic rings. The minimum absolute atomic E-state index is 0.0251. The van der Waals surface area contributed by atoms with Crippen LogP contribution in [0.3, 0.4) is 0 Å². The average molecular weight is 400 g/mol. The number of carboxylic acid groups (broad SMARTS) is 1. The van der Waals surface area contributed by atoms with Gasteiger partial charge >= 0.3 is 6.09 Å². The Morgan fingerprint density at radius 3 is 2.37 bits per heavy atom. The second-order valence-corrected chi connectivity index (χ2v) is 8.49. The van der Waals surface area contributed by atoms with Crippen LogP contribution in [0.4, 0.5) is 10.5 Å². The highest BCUT2D eigenvalue weighted by molar-refractivity contribution is 6.02. The van der Waals surface area contributed by atoms with Crippen molar-refractivity contribution >= 4 is 33.5 Å². The van der Waals surface area contributed by atoms with Crippen LogP contribution < -0.4 is 4.90 Å². The van der Waals surface area contributed by atoms with Gasteiger partial charge in [-0.1, -0.05) is 63.2 Å². The number of pyridine rings is 1. The molecule has 1 unspecified atom stereocenters. The number of anilines is 1. The topological polar surface area (TPSA) is 73.7 Å². The van der Waals surface area contributed by atoms with Crippen LogP contribution in [-0.4, -0.2) is 21.3 Å². The Hall–Kier alpha value is -3.60. The van der Waals surface area contributed by atoms with E-state index in [4.69, 9.17) is 0 Å². The van der Waals surface area contributed by atoms with Crippen LogP contribution in [-0.2, 0) is 0 Å². The minimum Gasteiger partial charge on any atom is -0.506 e. The lowest BCUT2D eigenvalue weighted by Crippen LogP contribution is -2.40. The molecule has 0 aliphatic heterocycles. The molecular formula is C25H24N2O3. The van der Waals surface area contributed by atoms with Crippen molar-refractivity contribution in [2.45, 2.75) is 26.8 Å². The average Bonchev–Trinajstić information content (AvgIpc) is 2.72. The van der Waals surface area contributed by atoms with E-state index in [0.29, 0.717) is 16.6 Å². The maximum absolute atomic E-state index is 12.7. The van der Waals surface area contributed by atoms with Gasteiger partial charge in [-0.3, -0.25) is 9.88 Å². The van der Waals surface area contributed by atoms with Crippen molar-refractivity contribution in [1.29, 1.82) is 0 Å². The Bertz CT molecular complexity index is 1240. The van der Waals surface area contributed by atoms with E-state index in [1.54, 1.807) is 24.4 Å². The predicted molar refractivity (Wildman–Crippen MR) is 120 cm³/mol. The smallest absolute Gasteiger partial charge is 0.412 e. The molecule has 0 saturated heterocycles. The number of hydrogen-bond acceptors (Lipinski definition) is 3. The summed E-state index contributed by atoms with van der Waals surface area (Å²) in [6.45, 7) is 6.11. The predicted octanol–water partition coefficient (Wildman–Crippen LogP) is 6.37. The highest BCUT2D eigenvalue weighted by Gasteiger charge is 2.37. The van der Waals surface area contributed by atoms with Crippen molar-refractivity contribution in [2.24, 2.45) is 5.41 Å². The zero-order valence-corrected chi connectivity index (χ0v) is 17.2. The van der Waals surface area contributed by atoms with E-state index in [9.17, 15) is 15.0 Å². The third-order valence-electron chi connectivity index (χ3n) is 5.39. The fourth-order valence-corrected chi connectivity index (χ4v) is 4.19. The standard InChI is InChI=1S/C25H24N2O3/c1-25(2,3)23(18-11-6-9-16-8-4-5-10-17(16)18)27(24(29)30)20-13-14-21(28)22-19(20)12-7-15-26-22/h4-15,23,28H,1-3H3,(H,29,30). The fourth-order valence-electron chi connectivity index (χ4n) is 4.19. The molecule has 1 aromatic heterocycles. The summed E-state index contributed by atoms with van der Waals surface area (Å²) in [6.07, 6.45) is 0.529. The van der Waals surface area contributed by atoms with Crippen molar-refractivity contribution in [3.8, 4) is 5.75 Å². The fraction of sp³-hybridized carbons (Fsp3) is 0.200. The lowest BCUT2D eigenvalue weighted by Gasteiger charge is -2.40. The van der Waals surface area contributed by atoms with E-state index in [-0.39, 0.29) is 5.75 Å². The molecule has 0 spiro atoms. The number of nitrogens with zero attached hydrogens (tertiary/aromatic N) is 2.